The van der Waals surface area contributed by atoms with Crippen LogP contribution in [0.5, 0.6) is 0 Å². The molecule has 3 aromatic rings. The molecule has 6 nitrogen and oxygen atoms in total. The molecule has 2 N–H and O–H groups in total. The molecule has 4 rings (SSSR count). The summed E-state index contributed by atoms with van der Waals surface area (Å²) in [6, 6.07) is 16.1. The number of carbonyl (C=O) groups is 1. The number of nitrogens with one attached hydrogen (secondary N) is 1. The number of carbonyl (C=O) groups excluding carboxylic acids is 1. The fraction of sp³-hybridized carbons (Fsp3) is 0.364. The van der Waals surface area contributed by atoms with Crippen LogP contribution in [0.25, 0.3) is 11.0 Å². The van der Waals surface area contributed by atoms with Crippen molar-refractivity contribution in [2.45, 2.75) is 32.4 Å². The maximum Gasteiger partial charge on any atom is 0.229 e. The van der Waals surface area contributed by atoms with Crippen molar-refractivity contribution >= 4 is 22.9 Å². The maximum absolute atomic E-state index is 12.5. The Balaban J connectivity index is 1.45. The van der Waals surface area contributed by atoms with Gasteiger partial charge in [-0.3, -0.25) is 14.6 Å². The maximum atomic E-state index is 12.5. The first-order valence-corrected chi connectivity index (χ1v) is 9.86. The topological polar surface area (TPSA) is 72.5 Å². The van der Waals surface area contributed by atoms with Gasteiger partial charge in [0.05, 0.1) is 23.7 Å². The molecule has 1 unspecified atom stereocenters. The lowest BCUT2D eigenvalue weighted by molar-refractivity contribution is -0.118. The minimum Gasteiger partial charge on any atom is -0.390 e. The third-order valence-corrected chi connectivity index (χ3v) is 5.31. The molecule has 6 heteroatoms. The van der Waals surface area contributed by atoms with Crippen molar-refractivity contribution in [3.05, 3.63) is 59.7 Å². The Hall–Kier alpha value is -2.70. The predicted octanol–water partition coefficient (Wildman–Crippen LogP) is 2.73. The number of aliphatic hydroxyl groups is 1. The largest absolute Gasteiger partial charge is 0.390 e. The molecule has 1 aliphatic rings. The van der Waals surface area contributed by atoms with Crippen molar-refractivity contribution in [3.63, 3.8) is 0 Å². The molecule has 1 aromatic heterocycles. The van der Waals surface area contributed by atoms with E-state index in [2.05, 4.69) is 39.1 Å². The molecule has 0 spiro atoms. The Morgan fingerprint density at radius 2 is 1.96 bits per heavy atom. The highest BCUT2D eigenvalue weighted by Crippen LogP contribution is 2.20. The zero-order valence-electron chi connectivity index (χ0n) is 16.1. The fourth-order valence-corrected chi connectivity index (χ4v) is 3.84. The van der Waals surface area contributed by atoms with Crippen LogP contribution in [-0.4, -0.2) is 51.6 Å². The molecule has 28 heavy (non-hydrogen) atoms. The molecule has 146 valence electrons. The second-order valence-corrected chi connectivity index (χ2v) is 7.34. The first-order valence-electron chi connectivity index (χ1n) is 9.86. The predicted molar refractivity (Wildman–Crippen MR) is 110 cm³/mol. The lowest BCUT2D eigenvalue weighted by atomic mass is 10.00. The summed E-state index contributed by atoms with van der Waals surface area (Å²) in [6.45, 7) is 4.33. The normalized spacial score (nSPS) is 15.4. The SMILES string of the molecule is CCC(=O)N(CC(O)CN1CCc2ccccc2C1)c1nc2ccccc2[nH]1. The van der Waals surface area contributed by atoms with E-state index < -0.39 is 6.10 Å². The van der Waals surface area contributed by atoms with Crippen molar-refractivity contribution in [1.29, 1.82) is 0 Å². The van der Waals surface area contributed by atoms with Crippen LogP contribution >= 0.6 is 0 Å². The second kappa shape index (κ2) is 8.12. The summed E-state index contributed by atoms with van der Waals surface area (Å²) in [4.78, 5) is 24.1. The van der Waals surface area contributed by atoms with Crippen LogP contribution < -0.4 is 4.90 Å². The number of anilines is 1. The van der Waals surface area contributed by atoms with Crippen molar-refractivity contribution < 1.29 is 9.90 Å². The summed E-state index contributed by atoms with van der Waals surface area (Å²) < 4.78 is 0. The van der Waals surface area contributed by atoms with E-state index in [9.17, 15) is 9.90 Å². The number of para-hydroxylation sites is 2. The van der Waals surface area contributed by atoms with Gasteiger partial charge in [0.25, 0.3) is 0 Å². The number of rotatable bonds is 6. The van der Waals surface area contributed by atoms with Gasteiger partial charge in [-0.05, 0) is 29.7 Å². The van der Waals surface area contributed by atoms with Crippen molar-refractivity contribution in [3.8, 4) is 0 Å². The molecule has 1 aliphatic heterocycles. The third-order valence-electron chi connectivity index (χ3n) is 5.31. The summed E-state index contributed by atoms with van der Waals surface area (Å²) >= 11 is 0. The number of imidazole rings is 1. The smallest absolute Gasteiger partial charge is 0.229 e. The summed E-state index contributed by atoms with van der Waals surface area (Å²) in [5.41, 5.74) is 4.40. The van der Waals surface area contributed by atoms with Gasteiger partial charge in [-0.1, -0.05) is 43.3 Å². The number of hydrogen-bond acceptors (Lipinski definition) is 4. The van der Waals surface area contributed by atoms with Crippen LogP contribution in [0.2, 0.25) is 0 Å². The average molecular weight is 378 g/mol. The van der Waals surface area contributed by atoms with Gasteiger partial charge >= 0.3 is 0 Å². The van der Waals surface area contributed by atoms with Crippen LogP contribution in [0.15, 0.2) is 48.5 Å². The molecule has 1 atom stereocenters. The number of β-amino-alcohol motifs (C(OH)–C–C–N with tert-alkyl or cyclic N) is 1. The summed E-state index contributed by atoms with van der Waals surface area (Å²) in [5.74, 6) is 0.443. The average Bonchev–Trinajstić information content (AvgIpc) is 3.15. The van der Waals surface area contributed by atoms with E-state index in [4.69, 9.17) is 0 Å². The molecule has 0 aliphatic carbocycles. The van der Waals surface area contributed by atoms with Crippen LogP contribution in [-0.2, 0) is 17.8 Å². The van der Waals surface area contributed by atoms with Crippen LogP contribution in [0.4, 0.5) is 5.95 Å². The van der Waals surface area contributed by atoms with Crippen LogP contribution in [0.3, 0.4) is 0 Å². The number of H-pyrrole nitrogens is 1. The summed E-state index contributed by atoms with van der Waals surface area (Å²) in [6.07, 6.45) is 0.708. The molecule has 2 aromatic carbocycles. The molecule has 0 radical (unpaired) electrons. The van der Waals surface area contributed by atoms with Crippen LogP contribution in [0.1, 0.15) is 24.5 Å². The molecule has 2 heterocycles. The van der Waals surface area contributed by atoms with Crippen molar-refractivity contribution in [2.75, 3.05) is 24.5 Å². The Bertz CT molecular complexity index is 935. The van der Waals surface area contributed by atoms with Crippen molar-refractivity contribution in [1.82, 2.24) is 14.9 Å². The van der Waals surface area contributed by atoms with Gasteiger partial charge in [0.2, 0.25) is 11.9 Å². The Kier molecular flexibility index (Phi) is 5.41. The van der Waals surface area contributed by atoms with Crippen molar-refractivity contribution in [2.24, 2.45) is 0 Å². The zero-order valence-corrected chi connectivity index (χ0v) is 16.1. The monoisotopic (exact) mass is 378 g/mol. The molecule has 0 fully saturated rings. The van der Waals surface area contributed by atoms with E-state index in [-0.39, 0.29) is 12.5 Å². The first kappa shape index (κ1) is 18.7. The molecular weight excluding hydrogens is 352 g/mol. The number of nitrogens with zero attached hydrogens (tertiary/aromatic N) is 3. The van der Waals surface area contributed by atoms with E-state index in [0.29, 0.717) is 18.9 Å². The number of aliphatic hydroxyl groups excluding tert-OH is 1. The molecule has 1 amide bonds. The highest BCUT2D eigenvalue weighted by atomic mass is 16.3. The lowest BCUT2D eigenvalue weighted by Crippen LogP contribution is -2.44. The summed E-state index contributed by atoms with van der Waals surface area (Å²) in [7, 11) is 0. The zero-order chi connectivity index (χ0) is 19.5. The third kappa shape index (κ3) is 3.93. The minimum absolute atomic E-state index is 0.0536. The van der Waals surface area contributed by atoms with Gasteiger partial charge in [-0.2, -0.15) is 0 Å². The summed E-state index contributed by atoms with van der Waals surface area (Å²) in [5, 5.41) is 10.7. The van der Waals surface area contributed by atoms with E-state index in [1.807, 2.05) is 31.2 Å². The van der Waals surface area contributed by atoms with Gasteiger partial charge in [0.15, 0.2) is 0 Å². The number of aromatic amines is 1. The standard InChI is InChI=1S/C22H26N4O2/c1-2-21(28)26(22-23-19-9-5-6-10-20(19)24-22)15-18(27)14-25-12-11-16-7-3-4-8-17(16)13-25/h3-10,18,27H,2,11-15H2,1H3,(H,23,24). The first-order chi connectivity index (χ1) is 13.6. The lowest BCUT2D eigenvalue weighted by Gasteiger charge is -2.31. The Morgan fingerprint density at radius 1 is 1.21 bits per heavy atom. The quantitative estimate of drug-likeness (QED) is 0.692. The van der Waals surface area contributed by atoms with E-state index >= 15 is 0 Å². The second-order valence-electron chi connectivity index (χ2n) is 7.34. The van der Waals surface area contributed by atoms with Gasteiger partial charge in [0.1, 0.15) is 0 Å². The number of aromatic nitrogens is 2. The minimum atomic E-state index is -0.644. The van der Waals surface area contributed by atoms with Gasteiger partial charge in [-0.15, -0.1) is 0 Å². The highest BCUT2D eigenvalue weighted by molar-refractivity contribution is 5.93. The molecule has 0 bridgehead atoms. The van der Waals surface area contributed by atoms with Crippen LogP contribution in [0, 0.1) is 0 Å². The fourth-order valence-electron chi connectivity index (χ4n) is 3.84. The number of benzene rings is 2. The molecule has 0 saturated heterocycles. The van der Waals surface area contributed by atoms with Gasteiger partial charge in [-0.25, -0.2) is 4.98 Å². The molecular formula is C22H26N4O2. The Morgan fingerprint density at radius 3 is 2.75 bits per heavy atom. The van der Waals surface area contributed by atoms with E-state index in [1.165, 1.54) is 11.1 Å². The molecule has 0 saturated carbocycles. The Labute approximate surface area is 164 Å². The van der Waals surface area contributed by atoms with Gasteiger partial charge < -0.3 is 10.1 Å². The number of amides is 1. The highest BCUT2D eigenvalue weighted by Gasteiger charge is 2.24. The number of hydrogen-bond donors (Lipinski definition) is 2. The van der Waals surface area contributed by atoms with Gasteiger partial charge in [0, 0.05) is 26.1 Å². The van der Waals surface area contributed by atoms with E-state index in [0.717, 1.165) is 30.5 Å². The number of fused-ring (bicyclic) bond motifs is 2. The van der Waals surface area contributed by atoms with E-state index in [1.54, 1.807) is 4.90 Å².